The number of amides is 2. The molecule has 0 aliphatic carbocycles. The number of hydrogen-bond acceptors (Lipinski definition) is 4. The molecule has 7 nitrogen and oxygen atoms in total. The van der Waals surface area contributed by atoms with E-state index in [0.717, 1.165) is 52.0 Å². The number of benzene rings is 2. The molecule has 0 bridgehead atoms. The summed E-state index contributed by atoms with van der Waals surface area (Å²) in [5.74, 6) is -0.0405. The summed E-state index contributed by atoms with van der Waals surface area (Å²) in [5.41, 5.74) is 6.35. The second-order valence-electron chi connectivity index (χ2n) is 12.4. The molecule has 1 fully saturated rings. The largest absolute Gasteiger partial charge is 0.444 e. The normalized spacial score (nSPS) is 19.6. The Labute approximate surface area is 245 Å². The minimum Gasteiger partial charge on any atom is -0.444 e. The number of carbonyl (C=O) groups is 2. The second-order valence-corrected chi connectivity index (χ2v) is 13.2. The molecule has 210 valence electrons. The lowest BCUT2D eigenvalue weighted by Crippen LogP contribution is -2.42. The van der Waals surface area contributed by atoms with Crippen molar-refractivity contribution in [2.75, 3.05) is 11.4 Å². The molecule has 3 aliphatic heterocycles. The van der Waals surface area contributed by atoms with E-state index < -0.39 is 5.60 Å². The Morgan fingerprint density at radius 2 is 1.93 bits per heavy atom. The number of aromatic nitrogens is 2. The number of halogens is 2. The fourth-order valence-electron chi connectivity index (χ4n) is 6.56. The molecule has 4 heterocycles. The maximum Gasteiger partial charge on any atom is 0.410 e. The van der Waals surface area contributed by atoms with Crippen LogP contribution in [0.5, 0.6) is 0 Å². The fraction of sp³-hybridized carbons (Fsp3) is 0.452. The van der Waals surface area contributed by atoms with Crippen molar-refractivity contribution in [1.29, 1.82) is 0 Å². The van der Waals surface area contributed by atoms with Gasteiger partial charge in [-0.2, -0.15) is 5.10 Å². The lowest BCUT2D eigenvalue weighted by atomic mass is 9.84. The number of carbonyl (C=O) groups excluding carboxylic acids is 2. The van der Waals surface area contributed by atoms with Crippen LogP contribution in [-0.2, 0) is 11.3 Å². The first-order valence-corrected chi connectivity index (χ1v) is 14.7. The molecular formula is C31H34Cl2N4O3. The quantitative estimate of drug-likeness (QED) is 0.317. The van der Waals surface area contributed by atoms with Crippen LogP contribution in [0.4, 0.5) is 10.5 Å². The molecular weight excluding hydrogens is 547 g/mol. The number of anilines is 1. The summed E-state index contributed by atoms with van der Waals surface area (Å²) < 4.78 is 7.66. The molecule has 3 aromatic rings. The molecule has 3 aliphatic rings. The van der Waals surface area contributed by atoms with Crippen molar-refractivity contribution in [2.45, 2.75) is 84.5 Å². The number of rotatable bonds is 3. The molecule has 1 saturated heterocycles. The highest BCUT2D eigenvalue weighted by atomic mass is 35.5. The molecule has 2 amide bonds. The van der Waals surface area contributed by atoms with Crippen LogP contribution in [0.3, 0.4) is 0 Å². The van der Waals surface area contributed by atoms with Crippen LogP contribution >= 0.6 is 23.2 Å². The first-order chi connectivity index (χ1) is 18.9. The summed E-state index contributed by atoms with van der Waals surface area (Å²) in [6.07, 6.45) is 1.46. The Bertz CT molecular complexity index is 1550. The Morgan fingerprint density at radius 3 is 2.62 bits per heavy atom. The number of ether oxygens (including phenoxy) is 1. The first-order valence-electron chi connectivity index (χ1n) is 13.9. The van der Waals surface area contributed by atoms with Gasteiger partial charge in [0.25, 0.3) is 5.91 Å². The smallest absolute Gasteiger partial charge is 0.410 e. The van der Waals surface area contributed by atoms with Gasteiger partial charge in [0.05, 0.1) is 29.3 Å². The molecule has 2 atom stereocenters. The third-order valence-electron chi connectivity index (χ3n) is 8.07. The number of nitrogens with zero attached hydrogens (tertiary/aromatic N) is 4. The van der Waals surface area contributed by atoms with Gasteiger partial charge in [-0.15, -0.1) is 0 Å². The van der Waals surface area contributed by atoms with Gasteiger partial charge in [0.15, 0.2) is 5.69 Å². The van der Waals surface area contributed by atoms with Gasteiger partial charge in [0, 0.05) is 28.4 Å². The predicted octanol–water partition coefficient (Wildman–Crippen LogP) is 7.75. The SMILES string of the molecule is Cc1ccc(Cl)c2c1N1C(=O)c3nn(CC4CCCN4C(=O)OC(C)(C)C)c(C(C)C)c3C1c1ccc(Cl)cc1-2. The van der Waals surface area contributed by atoms with Gasteiger partial charge < -0.3 is 9.64 Å². The van der Waals surface area contributed by atoms with Crippen LogP contribution in [-0.4, -0.2) is 44.9 Å². The van der Waals surface area contributed by atoms with Gasteiger partial charge in [0.2, 0.25) is 0 Å². The fourth-order valence-corrected chi connectivity index (χ4v) is 6.98. The van der Waals surface area contributed by atoms with E-state index in [1.807, 2.05) is 72.5 Å². The Balaban J connectivity index is 1.47. The van der Waals surface area contributed by atoms with Crippen LogP contribution in [0, 0.1) is 6.92 Å². The maximum absolute atomic E-state index is 14.2. The summed E-state index contributed by atoms with van der Waals surface area (Å²) in [6, 6.07) is 9.24. The van der Waals surface area contributed by atoms with E-state index in [0.29, 0.717) is 28.8 Å². The molecule has 1 aromatic heterocycles. The molecule has 6 rings (SSSR count). The monoisotopic (exact) mass is 580 g/mol. The maximum atomic E-state index is 14.2. The van der Waals surface area contributed by atoms with Crippen molar-refractivity contribution < 1.29 is 14.3 Å². The molecule has 0 spiro atoms. The zero-order valence-corrected chi connectivity index (χ0v) is 25.2. The molecule has 2 aromatic carbocycles. The molecule has 2 unspecified atom stereocenters. The average Bonchev–Trinajstić information content (AvgIpc) is 3.55. The van der Waals surface area contributed by atoms with Crippen LogP contribution in [0.25, 0.3) is 11.1 Å². The van der Waals surface area contributed by atoms with E-state index in [1.54, 1.807) is 0 Å². The minimum atomic E-state index is -0.565. The number of fused-ring (bicyclic) bond motifs is 8. The zero-order valence-electron chi connectivity index (χ0n) is 23.7. The lowest BCUT2D eigenvalue weighted by molar-refractivity contribution is 0.0210. The van der Waals surface area contributed by atoms with Crippen molar-refractivity contribution in [1.82, 2.24) is 14.7 Å². The van der Waals surface area contributed by atoms with Crippen LogP contribution in [0.1, 0.15) is 92.3 Å². The summed E-state index contributed by atoms with van der Waals surface area (Å²) in [4.78, 5) is 30.9. The van der Waals surface area contributed by atoms with E-state index in [4.69, 9.17) is 33.0 Å². The molecule has 0 N–H and O–H groups in total. The van der Waals surface area contributed by atoms with Crippen LogP contribution < -0.4 is 4.90 Å². The van der Waals surface area contributed by atoms with E-state index >= 15 is 0 Å². The van der Waals surface area contributed by atoms with Gasteiger partial charge in [0.1, 0.15) is 5.60 Å². The van der Waals surface area contributed by atoms with Crippen molar-refractivity contribution in [2.24, 2.45) is 0 Å². The van der Waals surface area contributed by atoms with Crippen molar-refractivity contribution in [3.8, 4) is 11.1 Å². The summed E-state index contributed by atoms with van der Waals surface area (Å²) in [7, 11) is 0. The summed E-state index contributed by atoms with van der Waals surface area (Å²) >= 11 is 13.2. The number of aryl methyl sites for hydroxylation is 1. The lowest BCUT2D eigenvalue weighted by Gasteiger charge is -2.37. The highest BCUT2D eigenvalue weighted by Crippen LogP contribution is 2.56. The standard InChI is InChI=1S/C31H34Cl2N4O3/c1-16(2)26-24-25(34-36(26)15-19-8-7-13-35(19)30(39)40-31(4,5)6)29(38)37-27-17(3)9-12-22(33)23(27)21-14-18(32)10-11-20(21)28(24)37/h9-12,14,16,19,28H,7-8,13,15H2,1-6H3. The van der Waals surface area contributed by atoms with Gasteiger partial charge in [-0.05, 0) is 81.3 Å². The van der Waals surface area contributed by atoms with Gasteiger partial charge in [-0.3, -0.25) is 14.4 Å². The number of hydrogen-bond donors (Lipinski definition) is 0. The second kappa shape index (κ2) is 9.52. The van der Waals surface area contributed by atoms with Crippen LogP contribution in [0.15, 0.2) is 30.3 Å². The molecule has 0 radical (unpaired) electrons. The predicted molar refractivity (Wildman–Crippen MR) is 158 cm³/mol. The number of likely N-dealkylation sites (tertiary alicyclic amines) is 1. The van der Waals surface area contributed by atoms with Crippen molar-refractivity contribution in [3.63, 3.8) is 0 Å². The Morgan fingerprint density at radius 1 is 1.18 bits per heavy atom. The Kier molecular flexibility index (Phi) is 6.46. The van der Waals surface area contributed by atoms with Gasteiger partial charge >= 0.3 is 6.09 Å². The molecule has 40 heavy (non-hydrogen) atoms. The Hall–Kier alpha value is -3.03. The van der Waals surface area contributed by atoms with Gasteiger partial charge in [-0.1, -0.05) is 49.2 Å². The zero-order chi connectivity index (χ0) is 28.7. The van der Waals surface area contributed by atoms with Crippen molar-refractivity contribution >= 4 is 40.9 Å². The third-order valence-corrected chi connectivity index (χ3v) is 8.62. The van der Waals surface area contributed by atoms with E-state index in [2.05, 4.69) is 13.8 Å². The topological polar surface area (TPSA) is 67.7 Å². The van der Waals surface area contributed by atoms with Crippen molar-refractivity contribution in [3.05, 3.63) is 68.5 Å². The summed E-state index contributed by atoms with van der Waals surface area (Å²) in [6.45, 7) is 13.1. The third kappa shape index (κ3) is 4.20. The first kappa shape index (κ1) is 27.2. The van der Waals surface area contributed by atoms with E-state index in [-0.39, 0.29) is 30.0 Å². The molecule has 9 heteroatoms. The average molecular weight is 582 g/mol. The highest BCUT2D eigenvalue weighted by molar-refractivity contribution is 6.35. The minimum absolute atomic E-state index is 0.0576. The van der Waals surface area contributed by atoms with E-state index in [1.165, 1.54) is 0 Å². The summed E-state index contributed by atoms with van der Waals surface area (Å²) in [5, 5.41) is 6.15. The molecule has 0 saturated carbocycles. The highest BCUT2D eigenvalue weighted by Gasteiger charge is 2.49. The van der Waals surface area contributed by atoms with E-state index in [9.17, 15) is 9.59 Å². The van der Waals surface area contributed by atoms with Crippen LogP contribution in [0.2, 0.25) is 10.0 Å². The van der Waals surface area contributed by atoms with Gasteiger partial charge in [-0.25, -0.2) is 4.79 Å².